The molecule has 1 amide bonds. The van der Waals surface area contributed by atoms with Gasteiger partial charge in [-0.15, -0.1) is 0 Å². The van der Waals surface area contributed by atoms with Gasteiger partial charge in [0.1, 0.15) is 5.69 Å². The normalized spacial score (nSPS) is 13.0. The second-order valence-electron chi connectivity index (χ2n) is 6.34. The Balaban J connectivity index is 1.67. The number of benzene rings is 1. The van der Waals surface area contributed by atoms with Crippen LogP contribution in [0.25, 0.3) is 11.3 Å². The molecule has 0 saturated heterocycles. The van der Waals surface area contributed by atoms with Crippen LogP contribution >= 0.6 is 0 Å². The van der Waals surface area contributed by atoms with Crippen LogP contribution in [0.1, 0.15) is 27.3 Å². The Bertz CT molecular complexity index is 1040. The summed E-state index contributed by atoms with van der Waals surface area (Å²) in [5.41, 5.74) is 3.08. The van der Waals surface area contributed by atoms with Gasteiger partial charge in [0.2, 0.25) is 0 Å². The summed E-state index contributed by atoms with van der Waals surface area (Å²) in [5.74, 6) is -0.537. The van der Waals surface area contributed by atoms with Gasteiger partial charge in [0.25, 0.3) is 5.91 Å². The first-order valence-electron chi connectivity index (χ1n) is 8.33. The van der Waals surface area contributed by atoms with Gasteiger partial charge in [0.05, 0.1) is 5.69 Å². The molecule has 2 aromatic heterocycles. The first-order chi connectivity index (χ1) is 12.8. The van der Waals surface area contributed by atoms with Gasteiger partial charge < -0.3 is 5.32 Å². The molecule has 1 aromatic carbocycles. The Labute approximate surface area is 152 Å². The minimum atomic E-state index is -4.57. The third-order valence-electron chi connectivity index (χ3n) is 4.59. The summed E-state index contributed by atoms with van der Waals surface area (Å²) in [6.45, 7) is 0. The lowest BCUT2D eigenvalue weighted by molar-refractivity contribution is -0.141. The SMILES string of the molecule is Cn1nc(C(=O)Nc2ccnc(C(F)(F)F)c2)c2c1-c1ccccc1CC2. The van der Waals surface area contributed by atoms with E-state index >= 15 is 0 Å². The van der Waals surface area contributed by atoms with Gasteiger partial charge in [-0.05, 0) is 30.5 Å². The van der Waals surface area contributed by atoms with Crippen LogP contribution in [0, 0.1) is 0 Å². The molecule has 0 aliphatic heterocycles. The molecule has 8 heteroatoms. The number of hydrogen-bond acceptors (Lipinski definition) is 3. The number of amides is 1. The van der Waals surface area contributed by atoms with Gasteiger partial charge in [-0.1, -0.05) is 24.3 Å². The molecular formula is C19H15F3N4O. The summed E-state index contributed by atoms with van der Waals surface area (Å²) in [7, 11) is 1.76. The van der Waals surface area contributed by atoms with Crippen molar-refractivity contribution in [2.45, 2.75) is 19.0 Å². The number of rotatable bonds is 2. The fraction of sp³-hybridized carbons (Fsp3) is 0.211. The quantitative estimate of drug-likeness (QED) is 0.743. The molecule has 138 valence electrons. The molecule has 0 atom stereocenters. The minimum absolute atomic E-state index is 0.0259. The molecule has 1 aliphatic rings. The van der Waals surface area contributed by atoms with Crippen molar-refractivity contribution in [2.75, 3.05) is 5.32 Å². The highest BCUT2D eigenvalue weighted by molar-refractivity contribution is 6.05. The zero-order valence-electron chi connectivity index (χ0n) is 14.3. The summed E-state index contributed by atoms with van der Waals surface area (Å²) in [4.78, 5) is 16.0. The second-order valence-corrected chi connectivity index (χ2v) is 6.34. The van der Waals surface area contributed by atoms with Crippen LogP contribution in [-0.2, 0) is 26.1 Å². The number of halogens is 3. The van der Waals surface area contributed by atoms with Crippen molar-refractivity contribution >= 4 is 11.6 Å². The van der Waals surface area contributed by atoms with E-state index in [4.69, 9.17) is 0 Å². The van der Waals surface area contributed by atoms with Gasteiger partial charge in [-0.25, -0.2) is 0 Å². The van der Waals surface area contributed by atoms with Crippen LogP contribution in [-0.4, -0.2) is 20.7 Å². The Morgan fingerprint density at radius 2 is 1.96 bits per heavy atom. The topological polar surface area (TPSA) is 59.8 Å². The lowest BCUT2D eigenvalue weighted by atomic mass is 9.89. The number of aromatic nitrogens is 3. The molecule has 0 spiro atoms. The number of fused-ring (bicyclic) bond motifs is 3. The largest absolute Gasteiger partial charge is 0.433 e. The fourth-order valence-electron chi connectivity index (χ4n) is 3.41. The minimum Gasteiger partial charge on any atom is -0.320 e. The molecule has 0 fully saturated rings. The van der Waals surface area contributed by atoms with Crippen LogP contribution in [0.5, 0.6) is 0 Å². The summed E-state index contributed by atoms with van der Waals surface area (Å²) in [5, 5.41) is 6.83. The van der Waals surface area contributed by atoms with Crippen molar-refractivity contribution in [1.29, 1.82) is 0 Å². The Hall–Kier alpha value is -3.16. The lowest BCUT2D eigenvalue weighted by Crippen LogP contribution is -2.17. The van der Waals surface area contributed by atoms with E-state index in [0.29, 0.717) is 6.42 Å². The molecule has 0 radical (unpaired) electrons. The summed E-state index contributed by atoms with van der Waals surface area (Å²) in [6.07, 6.45) is -2.13. The van der Waals surface area contributed by atoms with Crippen LogP contribution < -0.4 is 5.32 Å². The number of hydrogen-bond donors (Lipinski definition) is 1. The van der Waals surface area contributed by atoms with Crippen molar-refractivity contribution in [1.82, 2.24) is 14.8 Å². The number of carbonyl (C=O) groups excluding carboxylic acids is 1. The number of aryl methyl sites for hydroxylation is 2. The Morgan fingerprint density at radius 3 is 2.74 bits per heavy atom. The van der Waals surface area contributed by atoms with E-state index in [1.54, 1.807) is 11.7 Å². The number of nitrogens with zero attached hydrogens (tertiary/aromatic N) is 3. The molecule has 4 rings (SSSR count). The molecular weight excluding hydrogens is 357 g/mol. The molecule has 0 unspecified atom stereocenters. The number of pyridine rings is 1. The van der Waals surface area contributed by atoms with Gasteiger partial charge >= 0.3 is 6.18 Å². The standard InChI is InChI=1S/C19H15F3N4O/c1-26-17-13-5-3-2-4-11(13)6-7-14(17)16(25-26)18(27)24-12-8-9-23-15(10-12)19(20,21)22/h2-5,8-10H,6-7H2,1H3,(H,23,24,27). The molecule has 5 nitrogen and oxygen atoms in total. The average Bonchev–Trinajstić information content (AvgIpc) is 2.99. The first kappa shape index (κ1) is 17.3. The third kappa shape index (κ3) is 3.07. The van der Waals surface area contributed by atoms with Crippen LogP contribution in [0.15, 0.2) is 42.6 Å². The Morgan fingerprint density at radius 1 is 1.19 bits per heavy atom. The molecule has 2 heterocycles. The van der Waals surface area contributed by atoms with Gasteiger partial charge in [-0.2, -0.15) is 18.3 Å². The van der Waals surface area contributed by atoms with Gasteiger partial charge in [0.15, 0.2) is 5.69 Å². The maximum atomic E-state index is 12.8. The molecule has 0 saturated carbocycles. The maximum Gasteiger partial charge on any atom is 0.433 e. The first-order valence-corrected chi connectivity index (χ1v) is 8.33. The van der Waals surface area contributed by atoms with Crippen LogP contribution in [0.4, 0.5) is 18.9 Å². The maximum absolute atomic E-state index is 12.8. The van der Waals surface area contributed by atoms with Crippen molar-refractivity contribution in [2.24, 2.45) is 7.05 Å². The highest BCUT2D eigenvalue weighted by Crippen LogP contribution is 2.35. The lowest BCUT2D eigenvalue weighted by Gasteiger charge is -2.17. The average molecular weight is 372 g/mol. The zero-order chi connectivity index (χ0) is 19.2. The number of carbonyl (C=O) groups is 1. The zero-order valence-corrected chi connectivity index (χ0v) is 14.3. The number of anilines is 1. The molecule has 27 heavy (non-hydrogen) atoms. The summed E-state index contributed by atoms with van der Waals surface area (Å²) < 4.78 is 40.1. The molecule has 0 bridgehead atoms. The smallest absolute Gasteiger partial charge is 0.320 e. The highest BCUT2D eigenvalue weighted by atomic mass is 19.4. The van der Waals surface area contributed by atoms with E-state index < -0.39 is 17.8 Å². The molecule has 1 aliphatic carbocycles. The van der Waals surface area contributed by atoms with E-state index in [-0.39, 0.29) is 11.4 Å². The van der Waals surface area contributed by atoms with E-state index in [1.165, 1.54) is 11.6 Å². The molecule has 3 aromatic rings. The van der Waals surface area contributed by atoms with Crippen molar-refractivity contribution in [3.8, 4) is 11.3 Å². The predicted molar refractivity (Wildman–Crippen MR) is 93.2 cm³/mol. The van der Waals surface area contributed by atoms with Crippen molar-refractivity contribution in [3.05, 3.63) is 65.1 Å². The van der Waals surface area contributed by atoms with Crippen molar-refractivity contribution in [3.63, 3.8) is 0 Å². The van der Waals surface area contributed by atoms with E-state index in [9.17, 15) is 18.0 Å². The van der Waals surface area contributed by atoms with Crippen LogP contribution in [0.2, 0.25) is 0 Å². The second kappa shape index (κ2) is 6.22. The Kier molecular flexibility index (Phi) is 3.98. The fourth-order valence-corrected chi connectivity index (χ4v) is 3.41. The molecule has 1 N–H and O–H groups in total. The van der Waals surface area contributed by atoms with E-state index in [1.807, 2.05) is 24.3 Å². The van der Waals surface area contributed by atoms with E-state index in [0.717, 1.165) is 35.5 Å². The van der Waals surface area contributed by atoms with Gasteiger partial charge in [0, 0.05) is 30.1 Å². The van der Waals surface area contributed by atoms with E-state index in [2.05, 4.69) is 15.4 Å². The van der Waals surface area contributed by atoms with Crippen molar-refractivity contribution < 1.29 is 18.0 Å². The summed E-state index contributed by atoms with van der Waals surface area (Å²) >= 11 is 0. The van der Waals surface area contributed by atoms with Gasteiger partial charge in [-0.3, -0.25) is 14.5 Å². The number of alkyl halides is 3. The monoisotopic (exact) mass is 372 g/mol. The predicted octanol–water partition coefficient (Wildman–Crippen LogP) is 3.85. The summed E-state index contributed by atoms with van der Waals surface area (Å²) in [6, 6.07) is 10.0. The third-order valence-corrected chi connectivity index (χ3v) is 4.59. The highest BCUT2D eigenvalue weighted by Gasteiger charge is 2.33. The number of nitrogens with one attached hydrogen (secondary N) is 1. The van der Waals surface area contributed by atoms with Crippen LogP contribution in [0.3, 0.4) is 0 Å².